The summed E-state index contributed by atoms with van der Waals surface area (Å²) in [5.41, 5.74) is 0.352. The Labute approximate surface area is 157 Å². The average Bonchev–Trinajstić information content (AvgIpc) is 2.65. The third kappa shape index (κ3) is 4.05. The number of nitriles is 1. The first-order valence-electron chi connectivity index (χ1n) is 7.46. The molecule has 26 heavy (non-hydrogen) atoms. The van der Waals surface area contributed by atoms with E-state index < -0.39 is 11.7 Å². The molecule has 1 N–H and O–H groups in total. The van der Waals surface area contributed by atoms with Crippen molar-refractivity contribution in [3.05, 3.63) is 82.2 Å². The van der Waals surface area contributed by atoms with Gasteiger partial charge in [0.25, 0.3) is 5.91 Å². The molecule has 0 radical (unpaired) electrons. The van der Waals surface area contributed by atoms with Gasteiger partial charge in [0.05, 0.1) is 5.56 Å². The van der Waals surface area contributed by atoms with Gasteiger partial charge in [-0.25, -0.2) is 9.37 Å². The van der Waals surface area contributed by atoms with Crippen LogP contribution in [-0.2, 0) is 0 Å². The van der Waals surface area contributed by atoms with Crippen LogP contribution >= 0.6 is 15.9 Å². The monoisotopic (exact) mass is 411 g/mol. The smallest absolute Gasteiger partial charge is 0.261 e. The zero-order valence-electron chi connectivity index (χ0n) is 13.2. The summed E-state index contributed by atoms with van der Waals surface area (Å²) in [5, 5.41) is 11.5. The van der Waals surface area contributed by atoms with Crippen LogP contribution in [0, 0.1) is 17.1 Å². The van der Waals surface area contributed by atoms with Crippen LogP contribution in [-0.4, -0.2) is 10.9 Å². The highest BCUT2D eigenvalue weighted by Crippen LogP contribution is 2.25. The van der Waals surface area contributed by atoms with Gasteiger partial charge in [0, 0.05) is 16.4 Å². The summed E-state index contributed by atoms with van der Waals surface area (Å²) in [6, 6.07) is 15.7. The van der Waals surface area contributed by atoms with E-state index in [-0.39, 0.29) is 17.0 Å². The number of hydrogen-bond acceptors (Lipinski definition) is 4. The molecule has 0 fully saturated rings. The lowest BCUT2D eigenvalue weighted by atomic mass is 10.2. The van der Waals surface area contributed by atoms with E-state index in [1.165, 1.54) is 18.3 Å². The molecule has 1 amide bonds. The number of benzene rings is 2. The summed E-state index contributed by atoms with van der Waals surface area (Å²) in [4.78, 5) is 16.6. The van der Waals surface area contributed by atoms with E-state index in [1.807, 2.05) is 0 Å². The maximum atomic E-state index is 13.4. The third-order valence-corrected chi connectivity index (χ3v) is 3.92. The normalized spacial score (nSPS) is 10.0. The Bertz CT molecular complexity index is 1000. The minimum atomic E-state index is -0.647. The van der Waals surface area contributed by atoms with Crippen molar-refractivity contribution in [2.24, 2.45) is 0 Å². The molecule has 0 aliphatic rings. The molecule has 0 bridgehead atoms. The molecule has 0 spiro atoms. The lowest BCUT2D eigenvalue weighted by Crippen LogP contribution is -2.13. The molecule has 7 heteroatoms. The molecular formula is C19H11BrFN3O2. The SMILES string of the molecule is N#Cc1cc(NC(=O)c2cccnc2Oc2ccc(Br)cc2)ccc1F. The lowest BCUT2D eigenvalue weighted by Gasteiger charge is -2.10. The predicted molar refractivity (Wildman–Crippen MR) is 97.5 cm³/mol. The number of carbonyl (C=O) groups is 1. The minimum Gasteiger partial charge on any atom is -0.438 e. The molecule has 128 valence electrons. The van der Waals surface area contributed by atoms with Crippen molar-refractivity contribution >= 4 is 27.5 Å². The molecule has 0 saturated carbocycles. The number of rotatable bonds is 4. The second kappa shape index (κ2) is 7.76. The first-order chi connectivity index (χ1) is 12.6. The van der Waals surface area contributed by atoms with Crippen molar-refractivity contribution < 1.29 is 13.9 Å². The Kier molecular flexibility index (Phi) is 5.25. The molecule has 3 rings (SSSR count). The molecule has 3 aromatic rings. The molecule has 0 aliphatic heterocycles. The highest BCUT2D eigenvalue weighted by atomic mass is 79.9. The van der Waals surface area contributed by atoms with Crippen LogP contribution in [0.1, 0.15) is 15.9 Å². The largest absolute Gasteiger partial charge is 0.438 e. The van der Waals surface area contributed by atoms with Crippen LogP contribution in [0.3, 0.4) is 0 Å². The van der Waals surface area contributed by atoms with Crippen molar-refractivity contribution in [3.8, 4) is 17.7 Å². The zero-order chi connectivity index (χ0) is 18.5. The van der Waals surface area contributed by atoms with Crippen molar-refractivity contribution in [2.75, 3.05) is 5.32 Å². The summed E-state index contributed by atoms with van der Waals surface area (Å²) in [7, 11) is 0. The van der Waals surface area contributed by atoms with Gasteiger partial charge >= 0.3 is 0 Å². The number of pyridine rings is 1. The van der Waals surface area contributed by atoms with Crippen molar-refractivity contribution in [2.45, 2.75) is 0 Å². The number of carbonyl (C=O) groups excluding carboxylic acids is 1. The summed E-state index contributed by atoms with van der Waals surface area (Å²) >= 11 is 3.34. The van der Waals surface area contributed by atoms with E-state index in [0.29, 0.717) is 11.4 Å². The number of halogens is 2. The standard InChI is InChI=1S/C19H11BrFN3O2/c20-13-3-6-15(7-4-13)26-19-16(2-1-9-23-19)18(25)24-14-5-8-17(21)12(10-14)11-22/h1-10H,(H,24,25). The molecule has 2 aromatic carbocycles. The van der Waals surface area contributed by atoms with Crippen molar-refractivity contribution in [1.29, 1.82) is 5.26 Å². The fraction of sp³-hybridized carbons (Fsp3) is 0. The number of amides is 1. The first-order valence-corrected chi connectivity index (χ1v) is 8.25. The van der Waals surface area contributed by atoms with E-state index in [9.17, 15) is 9.18 Å². The summed E-state index contributed by atoms with van der Waals surface area (Å²) in [5.74, 6) is -0.476. The van der Waals surface area contributed by atoms with Crippen LogP contribution in [0.25, 0.3) is 0 Å². The minimum absolute atomic E-state index is 0.134. The number of nitrogens with one attached hydrogen (secondary N) is 1. The van der Waals surface area contributed by atoms with E-state index in [2.05, 4.69) is 26.2 Å². The first kappa shape index (κ1) is 17.6. The second-order valence-corrected chi connectivity index (χ2v) is 6.09. The zero-order valence-corrected chi connectivity index (χ0v) is 14.8. The maximum Gasteiger partial charge on any atom is 0.261 e. The van der Waals surface area contributed by atoms with Gasteiger partial charge in [-0.05, 0) is 54.6 Å². The summed E-state index contributed by atoms with van der Waals surface area (Å²) in [6.45, 7) is 0. The molecule has 0 atom stereocenters. The van der Waals surface area contributed by atoms with Crippen LogP contribution in [0.5, 0.6) is 11.6 Å². The quantitative estimate of drug-likeness (QED) is 0.662. The Morgan fingerprint density at radius 1 is 1.19 bits per heavy atom. The van der Waals surface area contributed by atoms with Gasteiger partial charge in [-0.3, -0.25) is 4.79 Å². The lowest BCUT2D eigenvalue weighted by molar-refractivity contribution is 0.102. The van der Waals surface area contributed by atoms with Crippen LogP contribution < -0.4 is 10.1 Å². The predicted octanol–water partition coefficient (Wildman–Crippen LogP) is 4.90. The number of aromatic nitrogens is 1. The van der Waals surface area contributed by atoms with Gasteiger partial charge in [0.15, 0.2) is 0 Å². The molecule has 0 saturated heterocycles. The highest BCUT2D eigenvalue weighted by Gasteiger charge is 2.15. The Morgan fingerprint density at radius 3 is 2.69 bits per heavy atom. The van der Waals surface area contributed by atoms with Crippen LogP contribution in [0.2, 0.25) is 0 Å². The number of anilines is 1. The fourth-order valence-electron chi connectivity index (χ4n) is 2.15. The second-order valence-electron chi connectivity index (χ2n) is 5.17. The Hall–Kier alpha value is -3.24. The Morgan fingerprint density at radius 2 is 1.96 bits per heavy atom. The number of hydrogen-bond donors (Lipinski definition) is 1. The number of ether oxygens (including phenoxy) is 1. The molecule has 0 unspecified atom stereocenters. The molecule has 5 nitrogen and oxygen atoms in total. The van der Waals surface area contributed by atoms with Crippen LogP contribution in [0.15, 0.2) is 65.3 Å². The van der Waals surface area contributed by atoms with Gasteiger partial charge in [0.2, 0.25) is 5.88 Å². The van der Waals surface area contributed by atoms with Gasteiger partial charge in [-0.15, -0.1) is 0 Å². The van der Waals surface area contributed by atoms with Gasteiger partial charge < -0.3 is 10.1 Å². The van der Waals surface area contributed by atoms with Gasteiger partial charge in [-0.1, -0.05) is 15.9 Å². The van der Waals surface area contributed by atoms with Gasteiger partial charge in [0.1, 0.15) is 23.2 Å². The maximum absolute atomic E-state index is 13.4. The molecule has 0 aliphatic carbocycles. The van der Waals surface area contributed by atoms with E-state index >= 15 is 0 Å². The molecule has 1 heterocycles. The van der Waals surface area contributed by atoms with Crippen molar-refractivity contribution in [3.63, 3.8) is 0 Å². The van der Waals surface area contributed by atoms with Crippen molar-refractivity contribution in [1.82, 2.24) is 4.98 Å². The molecular weight excluding hydrogens is 401 g/mol. The highest BCUT2D eigenvalue weighted by molar-refractivity contribution is 9.10. The van der Waals surface area contributed by atoms with Crippen LogP contribution in [0.4, 0.5) is 10.1 Å². The third-order valence-electron chi connectivity index (χ3n) is 3.39. The average molecular weight is 412 g/mol. The van der Waals surface area contributed by atoms with Gasteiger partial charge in [-0.2, -0.15) is 5.26 Å². The fourth-order valence-corrected chi connectivity index (χ4v) is 2.41. The molecule has 1 aromatic heterocycles. The van der Waals surface area contributed by atoms with E-state index in [0.717, 1.165) is 10.5 Å². The number of nitrogens with zero attached hydrogens (tertiary/aromatic N) is 2. The topological polar surface area (TPSA) is 75.0 Å². The Balaban J connectivity index is 1.84. The van der Waals surface area contributed by atoms with E-state index in [4.69, 9.17) is 10.00 Å². The summed E-state index contributed by atoms with van der Waals surface area (Å²) in [6.07, 6.45) is 1.51. The van der Waals surface area contributed by atoms with E-state index in [1.54, 1.807) is 42.5 Å². The summed E-state index contributed by atoms with van der Waals surface area (Å²) < 4.78 is 20.0.